The molecule has 0 amide bonds. The van der Waals surface area contributed by atoms with Crippen molar-refractivity contribution in [3.8, 4) is 0 Å². The molecular formula is C17H17N3O3S. The first-order chi connectivity index (χ1) is 11.4. The molecule has 1 unspecified atom stereocenters. The third-order valence-electron chi connectivity index (χ3n) is 3.64. The Morgan fingerprint density at radius 3 is 2.83 bits per heavy atom. The zero-order valence-corrected chi connectivity index (χ0v) is 13.9. The van der Waals surface area contributed by atoms with E-state index in [1.807, 2.05) is 13.0 Å². The number of nitrogens with one attached hydrogen (secondary N) is 1. The van der Waals surface area contributed by atoms with Gasteiger partial charge in [0, 0.05) is 6.20 Å². The fourth-order valence-electron chi connectivity index (χ4n) is 2.45. The van der Waals surface area contributed by atoms with Crippen LogP contribution in [0.1, 0.15) is 23.8 Å². The van der Waals surface area contributed by atoms with Crippen molar-refractivity contribution >= 4 is 21.0 Å². The third kappa shape index (κ3) is 2.83. The Balaban J connectivity index is 2.26. The second-order valence-corrected chi connectivity index (χ2v) is 7.35. The molecule has 0 radical (unpaired) electrons. The van der Waals surface area contributed by atoms with Gasteiger partial charge in [0.15, 0.2) is 10.7 Å². The molecule has 0 bridgehead atoms. The molecule has 2 heterocycles. The highest BCUT2D eigenvalue weighted by Gasteiger charge is 2.28. The van der Waals surface area contributed by atoms with E-state index in [0.717, 1.165) is 5.56 Å². The van der Waals surface area contributed by atoms with Gasteiger partial charge in [0.25, 0.3) is 0 Å². The van der Waals surface area contributed by atoms with E-state index in [1.165, 1.54) is 12.1 Å². The van der Waals surface area contributed by atoms with Crippen LogP contribution in [0.15, 0.2) is 59.1 Å². The van der Waals surface area contributed by atoms with E-state index in [1.54, 1.807) is 24.4 Å². The summed E-state index contributed by atoms with van der Waals surface area (Å²) in [7, 11) is -3.91. The lowest BCUT2D eigenvalue weighted by molar-refractivity contribution is 0.173. The topological polar surface area (TPSA) is 95.9 Å². The maximum atomic E-state index is 13.0. The maximum Gasteiger partial charge on any atom is 0.225 e. The fraction of sp³-hybridized carbons (Fsp3) is 0.176. The van der Waals surface area contributed by atoms with Gasteiger partial charge in [-0.3, -0.25) is 0 Å². The number of fused-ring (bicyclic) bond motifs is 1. The molecular weight excluding hydrogens is 326 g/mol. The molecule has 0 saturated heterocycles. The molecule has 0 fully saturated rings. The minimum atomic E-state index is -3.91. The quantitative estimate of drug-likeness (QED) is 0.694. The summed E-state index contributed by atoms with van der Waals surface area (Å²) in [5.41, 5.74) is 1.70. The normalized spacial score (nSPS) is 13.1. The number of H-pyrrole nitrogens is 1. The van der Waals surface area contributed by atoms with E-state index in [4.69, 9.17) is 0 Å². The third-order valence-corrected chi connectivity index (χ3v) is 5.32. The van der Waals surface area contributed by atoms with Crippen molar-refractivity contribution in [1.29, 1.82) is 0 Å². The van der Waals surface area contributed by atoms with Crippen LogP contribution in [0.4, 0.5) is 0 Å². The molecule has 24 heavy (non-hydrogen) atoms. The van der Waals surface area contributed by atoms with Crippen LogP contribution in [0.2, 0.25) is 0 Å². The van der Waals surface area contributed by atoms with Gasteiger partial charge in [-0.1, -0.05) is 18.2 Å². The lowest BCUT2D eigenvalue weighted by atomic mass is 10.2. The van der Waals surface area contributed by atoms with Crippen molar-refractivity contribution in [2.45, 2.75) is 29.4 Å². The summed E-state index contributed by atoms with van der Waals surface area (Å²) < 4.78 is 26.1. The summed E-state index contributed by atoms with van der Waals surface area (Å²) in [6, 6.07) is 8.23. The first kappa shape index (κ1) is 16.4. The minimum Gasteiger partial charge on any atom is -0.386 e. The molecule has 0 aliphatic rings. The van der Waals surface area contributed by atoms with Crippen molar-refractivity contribution in [3.63, 3.8) is 0 Å². The second kappa shape index (κ2) is 6.18. The summed E-state index contributed by atoms with van der Waals surface area (Å²) in [6.45, 7) is 5.39. The molecule has 3 rings (SSSR count). The Bertz CT molecular complexity index is 1010. The number of hydrogen-bond donors (Lipinski definition) is 2. The molecule has 0 spiro atoms. The summed E-state index contributed by atoms with van der Waals surface area (Å²) >= 11 is 0. The van der Waals surface area contributed by atoms with Crippen LogP contribution < -0.4 is 0 Å². The van der Waals surface area contributed by atoms with E-state index in [2.05, 4.69) is 21.5 Å². The predicted molar refractivity (Wildman–Crippen MR) is 90.3 cm³/mol. The number of hydrogen-bond acceptors (Lipinski definition) is 5. The first-order valence-corrected chi connectivity index (χ1v) is 8.87. The van der Waals surface area contributed by atoms with E-state index in [9.17, 15) is 13.5 Å². The van der Waals surface area contributed by atoms with Crippen molar-refractivity contribution < 1.29 is 13.5 Å². The van der Waals surface area contributed by atoms with Gasteiger partial charge in [0.1, 0.15) is 17.3 Å². The van der Waals surface area contributed by atoms with Crippen molar-refractivity contribution in [1.82, 2.24) is 15.0 Å². The molecule has 0 aliphatic carbocycles. The van der Waals surface area contributed by atoms with Gasteiger partial charge in [0.05, 0.1) is 4.90 Å². The van der Waals surface area contributed by atoms with Crippen LogP contribution in [0, 0.1) is 6.92 Å². The van der Waals surface area contributed by atoms with Gasteiger partial charge in [0.2, 0.25) is 9.84 Å². The standard InChI is InChI=1S/C17H17N3O3S/c1-3-5-14(21)15-17(20-16-13(19-15)8-9-18-16)24(22,23)12-7-4-6-11(2)10-12/h3-4,6-10,14,21H,1,5H2,2H3,(H,18,20). The molecule has 1 aromatic carbocycles. The van der Waals surface area contributed by atoms with Crippen LogP contribution in [0.25, 0.3) is 11.2 Å². The lowest BCUT2D eigenvalue weighted by Gasteiger charge is -2.13. The highest BCUT2D eigenvalue weighted by Crippen LogP contribution is 2.29. The zero-order chi connectivity index (χ0) is 17.3. The summed E-state index contributed by atoms with van der Waals surface area (Å²) in [5.74, 6) is 0. The highest BCUT2D eigenvalue weighted by atomic mass is 32.2. The van der Waals surface area contributed by atoms with Gasteiger partial charge >= 0.3 is 0 Å². The van der Waals surface area contributed by atoms with Crippen LogP contribution in [0.3, 0.4) is 0 Å². The zero-order valence-electron chi connectivity index (χ0n) is 13.1. The number of aliphatic hydroxyl groups excluding tert-OH is 1. The molecule has 0 saturated carbocycles. The number of aromatic amines is 1. The van der Waals surface area contributed by atoms with Crippen LogP contribution in [-0.4, -0.2) is 28.5 Å². The van der Waals surface area contributed by atoms with Crippen LogP contribution in [-0.2, 0) is 9.84 Å². The molecule has 2 N–H and O–H groups in total. The van der Waals surface area contributed by atoms with Gasteiger partial charge in [-0.25, -0.2) is 18.4 Å². The monoisotopic (exact) mass is 343 g/mol. The van der Waals surface area contributed by atoms with Crippen LogP contribution in [0.5, 0.6) is 0 Å². The number of benzene rings is 1. The molecule has 3 aromatic rings. The van der Waals surface area contributed by atoms with Crippen molar-refractivity contribution in [2.24, 2.45) is 0 Å². The molecule has 0 aliphatic heterocycles. The Kier molecular flexibility index (Phi) is 4.21. The van der Waals surface area contributed by atoms with Gasteiger partial charge in [-0.15, -0.1) is 6.58 Å². The number of nitrogens with zero attached hydrogens (tertiary/aromatic N) is 2. The summed E-state index contributed by atoms with van der Waals surface area (Å²) in [6.07, 6.45) is 2.22. The van der Waals surface area contributed by atoms with Crippen molar-refractivity contribution in [2.75, 3.05) is 0 Å². The summed E-state index contributed by atoms with van der Waals surface area (Å²) in [4.78, 5) is 11.5. The largest absolute Gasteiger partial charge is 0.386 e. The van der Waals surface area contributed by atoms with E-state index in [-0.39, 0.29) is 22.0 Å². The van der Waals surface area contributed by atoms with Crippen LogP contribution >= 0.6 is 0 Å². The lowest BCUT2D eigenvalue weighted by Crippen LogP contribution is -2.13. The molecule has 6 nitrogen and oxygen atoms in total. The fourth-order valence-corrected chi connectivity index (χ4v) is 3.94. The van der Waals surface area contributed by atoms with E-state index in [0.29, 0.717) is 11.2 Å². The minimum absolute atomic E-state index is 0.0310. The maximum absolute atomic E-state index is 13.0. The van der Waals surface area contributed by atoms with Crippen molar-refractivity contribution in [3.05, 3.63) is 60.4 Å². The number of aliphatic hydroxyl groups is 1. The number of sulfone groups is 1. The Morgan fingerprint density at radius 1 is 1.33 bits per heavy atom. The SMILES string of the molecule is C=CCC(O)c1nc2cc[nH]c2nc1S(=O)(=O)c1cccc(C)c1. The van der Waals surface area contributed by atoms with E-state index >= 15 is 0 Å². The van der Waals surface area contributed by atoms with Gasteiger partial charge < -0.3 is 10.1 Å². The number of aromatic nitrogens is 3. The first-order valence-electron chi connectivity index (χ1n) is 7.39. The average Bonchev–Trinajstić information content (AvgIpc) is 3.01. The molecule has 7 heteroatoms. The Labute approximate surface area is 139 Å². The molecule has 1 atom stereocenters. The predicted octanol–water partition coefficient (Wildman–Crippen LogP) is 2.71. The second-order valence-electron chi connectivity index (χ2n) is 5.49. The number of aryl methyl sites for hydroxylation is 1. The Morgan fingerprint density at radius 2 is 2.12 bits per heavy atom. The van der Waals surface area contributed by atoms with Gasteiger partial charge in [-0.2, -0.15) is 0 Å². The summed E-state index contributed by atoms with van der Waals surface area (Å²) in [5, 5.41) is 10.1. The van der Waals surface area contributed by atoms with E-state index < -0.39 is 15.9 Å². The van der Waals surface area contributed by atoms with Gasteiger partial charge in [-0.05, 0) is 37.1 Å². The highest BCUT2D eigenvalue weighted by molar-refractivity contribution is 7.91. The number of rotatable bonds is 5. The Hall–Kier alpha value is -2.51. The average molecular weight is 343 g/mol. The molecule has 2 aromatic heterocycles. The smallest absolute Gasteiger partial charge is 0.225 e. The molecule has 124 valence electrons.